The second-order valence-corrected chi connectivity index (χ2v) is 9.49. The normalized spacial score (nSPS) is 17.3. The van der Waals surface area contributed by atoms with Crippen LogP contribution in [0.2, 0.25) is 0 Å². The smallest absolute Gasteiger partial charge is 0.338 e. The van der Waals surface area contributed by atoms with Crippen LogP contribution >= 0.6 is 11.3 Å². The number of piperidine rings is 1. The van der Waals surface area contributed by atoms with Gasteiger partial charge in [0.1, 0.15) is 0 Å². The highest BCUT2D eigenvalue weighted by Crippen LogP contribution is 2.41. The fraction of sp³-hybridized carbons (Fsp3) is 0.375. The topological polar surface area (TPSA) is 110 Å². The van der Waals surface area contributed by atoms with Gasteiger partial charge in [-0.2, -0.15) is 11.3 Å². The van der Waals surface area contributed by atoms with Crippen LogP contribution < -0.4 is 0 Å². The second kappa shape index (κ2) is 9.76. The third-order valence-electron chi connectivity index (χ3n) is 6.62. The van der Waals surface area contributed by atoms with Crippen molar-refractivity contribution in [3.63, 3.8) is 0 Å². The van der Waals surface area contributed by atoms with E-state index in [-0.39, 0.29) is 34.0 Å². The molecule has 0 radical (unpaired) electrons. The summed E-state index contributed by atoms with van der Waals surface area (Å²) >= 11 is 1.58. The number of nitrogens with zero attached hydrogens (tertiary/aromatic N) is 3. The largest absolute Gasteiger partial charge is 0.465 e. The van der Waals surface area contributed by atoms with Crippen molar-refractivity contribution < 1.29 is 24.0 Å². The Bertz CT molecular complexity index is 1140. The Morgan fingerprint density at radius 2 is 1.76 bits per heavy atom. The van der Waals surface area contributed by atoms with Gasteiger partial charge in [0, 0.05) is 50.0 Å². The van der Waals surface area contributed by atoms with E-state index in [9.17, 15) is 24.5 Å². The number of non-ortho nitro benzene ring substituents is 1. The van der Waals surface area contributed by atoms with Crippen molar-refractivity contribution in [2.24, 2.45) is 5.41 Å². The van der Waals surface area contributed by atoms with Gasteiger partial charge in [-0.1, -0.05) is 0 Å². The molecule has 4 rings (SSSR count). The lowest BCUT2D eigenvalue weighted by Gasteiger charge is -2.39. The van der Waals surface area contributed by atoms with Crippen LogP contribution in [-0.2, 0) is 9.53 Å². The molecular weight excluding hydrogens is 458 g/mol. The number of carbonyl (C=O) groups is 3. The molecular formula is C24H25N3O6S. The maximum atomic E-state index is 13.2. The number of nitro benzene ring substituents is 1. The van der Waals surface area contributed by atoms with Gasteiger partial charge in [0.2, 0.25) is 5.91 Å². The minimum absolute atomic E-state index is 0.0149. The van der Waals surface area contributed by atoms with Crippen LogP contribution in [-0.4, -0.2) is 65.8 Å². The standard InChI is InChI=1S/C24H25N3O6S/c1-33-23(30)19-12-18(13-20(14-19)27(31)32)22(29)26-10-7-24(16-26)5-8-25(9-6-24)21(28)3-2-17-4-11-34-15-17/h2-4,11-15H,5-10,16H2,1H3/b3-2+. The quantitative estimate of drug-likeness (QED) is 0.278. The SMILES string of the molecule is COC(=O)c1cc(C(=O)N2CCC3(CCN(C(=O)/C=C/c4ccsc4)CC3)C2)cc([N+](=O)[O-])c1. The fourth-order valence-corrected chi connectivity index (χ4v) is 5.25. The molecule has 3 heterocycles. The van der Waals surface area contributed by atoms with Gasteiger partial charge in [0.15, 0.2) is 0 Å². The number of nitro groups is 1. The molecule has 34 heavy (non-hydrogen) atoms. The Labute approximate surface area is 200 Å². The fourth-order valence-electron chi connectivity index (χ4n) is 4.62. The molecule has 2 fully saturated rings. The van der Waals surface area contributed by atoms with Crippen molar-refractivity contribution in [2.45, 2.75) is 19.3 Å². The lowest BCUT2D eigenvalue weighted by Crippen LogP contribution is -2.44. The molecule has 0 bridgehead atoms. The van der Waals surface area contributed by atoms with E-state index in [1.54, 1.807) is 22.3 Å². The summed E-state index contributed by atoms with van der Waals surface area (Å²) in [6.07, 6.45) is 5.81. The zero-order valence-electron chi connectivity index (χ0n) is 18.8. The monoisotopic (exact) mass is 483 g/mol. The average Bonchev–Trinajstić information content (AvgIpc) is 3.52. The van der Waals surface area contributed by atoms with E-state index in [4.69, 9.17) is 0 Å². The summed E-state index contributed by atoms with van der Waals surface area (Å²) in [6.45, 7) is 2.30. The highest BCUT2D eigenvalue weighted by Gasteiger charge is 2.43. The Morgan fingerprint density at radius 3 is 2.38 bits per heavy atom. The first-order valence-corrected chi connectivity index (χ1v) is 11.9. The number of likely N-dealkylation sites (tertiary alicyclic amines) is 2. The molecule has 2 aliphatic heterocycles. The van der Waals surface area contributed by atoms with Gasteiger partial charge in [-0.15, -0.1) is 0 Å². The number of ether oxygens (including phenoxy) is 1. The summed E-state index contributed by atoms with van der Waals surface area (Å²) in [7, 11) is 1.18. The van der Waals surface area contributed by atoms with Gasteiger partial charge in [-0.25, -0.2) is 4.79 Å². The predicted octanol–water partition coefficient (Wildman–Crippen LogP) is 3.61. The highest BCUT2D eigenvalue weighted by atomic mass is 32.1. The van der Waals surface area contributed by atoms with Gasteiger partial charge in [-0.05, 0) is 59.2 Å². The summed E-state index contributed by atoms with van der Waals surface area (Å²) < 4.78 is 4.67. The van der Waals surface area contributed by atoms with Crippen LogP contribution in [0.15, 0.2) is 41.1 Å². The van der Waals surface area contributed by atoms with Gasteiger partial charge < -0.3 is 14.5 Å². The molecule has 9 nitrogen and oxygen atoms in total. The first kappa shape index (κ1) is 23.6. The minimum Gasteiger partial charge on any atom is -0.465 e. The van der Waals surface area contributed by atoms with Crippen molar-refractivity contribution in [1.29, 1.82) is 0 Å². The first-order valence-electron chi connectivity index (χ1n) is 11.0. The highest BCUT2D eigenvalue weighted by molar-refractivity contribution is 7.08. The number of methoxy groups -OCH3 is 1. The number of esters is 1. The van der Waals surface area contributed by atoms with E-state index in [2.05, 4.69) is 4.74 Å². The second-order valence-electron chi connectivity index (χ2n) is 8.71. The number of amides is 2. The summed E-state index contributed by atoms with van der Waals surface area (Å²) in [6, 6.07) is 5.60. The minimum atomic E-state index is -0.735. The van der Waals surface area contributed by atoms with Crippen LogP contribution in [0, 0.1) is 15.5 Å². The van der Waals surface area contributed by atoms with E-state index in [1.807, 2.05) is 27.8 Å². The summed E-state index contributed by atoms with van der Waals surface area (Å²) in [5.41, 5.74) is 0.667. The van der Waals surface area contributed by atoms with E-state index in [0.717, 1.165) is 30.9 Å². The Hall–Kier alpha value is -3.53. The van der Waals surface area contributed by atoms with Crippen LogP contribution in [0.5, 0.6) is 0 Å². The number of hydrogen-bond acceptors (Lipinski definition) is 7. The third-order valence-corrected chi connectivity index (χ3v) is 7.32. The van der Waals surface area contributed by atoms with Gasteiger partial charge in [0.25, 0.3) is 11.6 Å². The molecule has 178 valence electrons. The van der Waals surface area contributed by atoms with Crippen LogP contribution in [0.1, 0.15) is 45.5 Å². The molecule has 0 N–H and O–H groups in total. The molecule has 1 spiro atoms. The first-order chi connectivity index (χ1) is 16.3. The number of carbonyl (C=O) groups excluding carboxylic acids is 3. The Balaban J connectivity index is 1.40. The molecule has 10 heteroatoms. The van der Waals surface area contributed by atoms with E-state index in [0.29, 0.717) is 26.2 Å². The molecule has 2 aromatic rings. The maximum absolute atomic E-state index is 13.2. The number of thiophene rings is 1. The van der Waals surface area contributed by atoms with Crippen LogP contribution in [0.25, 0.3) is 6.08 Å². The van der Waals surface area contributed by atoms with Crippen LogP contribution in [0.3, 0.4) is 0 Å². The number of benzene rings is 1. The molecule has 1 aromatic heterocycles. The van der Waals surface area contributed by atoms with E-state index >= 15 is 0 Å². The molecule has 0 atom stereocenters. The van der Waals surface area contributed by atoms with Crippen molar-refractivity contribution in [1.82, 2.24) is 9.80 Å². The van der Waals surface area contributed by atoms with Crippen LogP contribution in [0.4, 0.5) is 5.69 Å². The number of hydrogen-bond donors (Lipinski definition) is 0. The van der Waals surface area contributed by atoms with Gasteiger partial charge >= 0.3 is 5.97 Å². The Morgan fingerprint density at radius 1 is 1.09 bits per heavy atom. The van der Waals surface area contributed by atoms with Crippen molar-refractivity contribution >= 4 is 40.9 Å². The maximum Gasteiger partial charge on any atom is 0.338 e. The summed E-state index contributed by atoms with van der Waals surface area (Å²) in [5.74, 6) is -1.09. The number of rotatable bonds is 5. The molecule has 2 saturated heterocycles. The zero-order valence-corrected chi connectivity index (χ0v) is 19.6. The van der Waals surface area contributed by atoms with E-state index < -0.39 is 10.9 Å². The van der Waals surface area contributed by atoms with Gasteiger partial charge in [0.05, 0.1) is 17.6 Å². The third kappa shape index (κ3) is 5.01. The molecule has 0 unspecified atom stereocenters. The lowest BCUT2D eigenvalue weighted by atomic mass is 9.77. The average molecular weight is 484 g/mol. The van der Waals surface area contributed by atoms with E-state index in [1.165, 1.54) is 19.2 Å². The lowest BCUT2D eigenvalue weighted by molar-refractivity contribution is -0.384. The Kier molecular flexibility index (Phi) is 6.78. The van der Waals surface area contributed by atoms with Gasteiger partial charge in [-0.3, -0.25) is 19.7 Å². The molecule has 2 amide bonds. The molecule has 1 aromatic carbocycles. The molecule has 0 aliphatic carbocycles. The van der Waals surface area contributed by atoms with Crippen molar-refractivity contribution in [3.05, 3.63) is 67.9 Å². The predicted molar refractivity (Wildman–Crippen MR) is 127 cm³/mol. The summed E-state index contributed by atoms with van der Waals surface area (Å²) in [4.78, 5) is 51.8. The van der Waals surface area contributed by atoms with Crippen molar-refractivity contribution in [2.75, 3.05) is 33.3 Å². The molecule has 2 aliphatic rings. The van der Waals surface area contributed by atoms with Crippen molar-refractivity contribution in [3.8, 4) is 0 Å². The summed E-state index contributed by atoms with van der Waals surface area (Å²) in [5, 5.41) is 15.2. The zero-order chi connectivity index (χ0) is 24.3. The molecule has 0 saturated carbocycles.